The number of pyridine rings is 2. The summed E-state index contributed by atoms with van der Waals surface area (Å²) in [5.41, 5.74) is 3.15. The van der Waals surface area contributed by atoms with Gasteiger partial charge in [-0.25, -0.2) is 0 Å². The number of hydrogen-bond acceptors (Lipinski definition) is 2. The van der Waals surface area contributed by atoms with E-state index in [1.807, 2.05) is 32.2 Å². The molecule has 0 N–H and O–H groups in total. The van der Waals surface area contributed by atoms with Gasteiger partial charge in [0.1, 0.15) is 0 Å². The van der Waals surface area contributed by atoms with E-state index in [1.165, 1.54) is 16.2 Å². The molecule has 0 bridgehead atoms. The number of aryl methyl sites for hydroxylation is 2. The van der Waals surface area contributed by atoms with Crippen LogP contribution in [-0.4, -0.2) is 9.97 Å². The second kappa shape index (κ2) is 3.27. The highest BCUT2D eigenvalue weighted by molar-refractivity contribution is 6.06. The molecule has 3 aromatic rings. The Kier molecular flexibility index (Phi) is 1.90. The molecule has 16 heavy (non-hydrogen) atoms. The Morgan fingerprint density at radius 3 is 2.50 bits per heavy atom. The predicted molar refractivity (Wildman–Crippen MR) is 66.5 cm³/mol. The van der Waals surface area contributed by atoms with Gasteiger partial charge < -0.3 is 0 Å². The zero-order chi connectivity index (χ0) is 11.1. The van der Waals surface area contributed by atoms with Crippen LogP contribution in [0.3, 0.4) is 0 Å². The van der Waals surface area contributed by atoms with Crippen molar-refractivity contribution in [2.24, 2.45) is 0 Å². The average Bonchev–Trinajstić information content (AvgIpc) is 2.28. The third-order valence-corrected chi connectivity index (χ3v) is 2.92. The summed E-state index contributed by atoms with van der Waals surface area (Å²) in [6.45, 7) is 4.05. The van der Waals surface area contributed by atoms with Crippen LogP contribution in [-0.2, 0) is 0 Å². The van der Waals surface area contributed by atoms with Crippen LogP contribution in [0.15, 0.2) is 36.5 Å². The summed E-state index contributed by atoms with van der Waals surface area (Å²) >= 11 is 0. The minimum atomic E-state index is 1.04. The van der Waals surface area contributed by atoms with Gasteiger partial charge in [0.25, 0.3) is 0 Å². The van der Waals surface area contributed by atoms with Gasteiger partial charge >= 0.3 is 0 Å². The summed E-state index contributed by atoms with van der Waals surface area (Å²) in [6, 6.07) is 10.4. The van der Waals surface area contributed by atoms with Gasteiger partial charge in [-0.05, 0) is 31.4 Å². The Balaban J connectivity index is 2.61. The molecular formula is C14H12N2. The molecule has 0 unspecified atom stereocenters. The zero-order valence-electron chi connectivity index (χ0n) is 9.36. The number of aromatic nitrogens is 2. The van der Waals surface area contributed by atoms with Crippen LogP contribution < -0.4 is 0 Å². The number of rotatable bonds is 0. The molecule has 3 rings (SSSR count). The van der Waals surface area contributed by atoms with Gasteiger partial charge in [-0.1, -0.05) is 18.2 Å². The molecule has 0 saturated heterocycles. The SMILES string of the molecule is Cc1ccc2ccc3ccnc(C)c3c2n1. The van der Waals surface area contributed by atoms with Crippen molar-refractivity contribution in [3.8, 4) is 0 Å². The maximum Gasteiger partial charge on any atom is 0.0801 e. The lowest BCUT2D eigenvalue weighted by atomic mass is 10.1. The molecular weight excluding hydrogens is 196 g/mol. The first kappa shape index (κ1) is 9.28. The molecule has 2 heterocycles. The average molecular weight is 208 g/mol. The molecule has 1 aromatic carbocycles. The zero-order valence-corrected chi connectivity index (χ0v) is 9.36. The van der Waals surface area contributed by atoms with Gasteiger partial charge in [0.05, 0.1) is 5.52 Å². The monoisotopic (exact) mass is 208 g/mol. The van der Waals surface area contributed by atoms with E-state index in [-0.39, 0.29) is 0 Å². The molecule has 0 saturated carbocycles. The summed E-state index contributed by atoms with van der Waals surface area (Å²) in [5.74, 6) is 0. The first-order valence-electron chi connectivity index (χ1n) is 5.37. The van der Waals surface area contributed by atoms with E-state index in [2.05, 4.69) is 28.2 Å². The van der Waals surface area contributed by atoms with Crippen molar-refractivity contribution in [3.63, 3.8) is 0 Å². The summed E-state index contributed by atoms with van der Waals surface area (Å²) in [7, 11) is 0. The Morgan fingerprint density at radius 2 is 1.62 bits per heavy atom. The lowest BCUT2D eigenvalue weighted by Gasteiger charge is -2.05. The van der Waals surface area contributed by atoms with Crippen molar-refractivity contribution in [3.05, 3.63) is 47.9 Å². The number of benzene rings is 1. The van der Waals surface area contributed by atoms with Crippen LogP contribution in [0, 0.1) is 13.8 Å². The van der Waals surface area contributed by atoms with E-state index in [0.29, 0.717) is 0 Å². The molecule has 0 aliphatic carbocycles. The first-order chi connectivity index (χ1) is 7.75. The van der Waals surface area contributed by atoms with E-state index >= 15 is 0 Å². The van der Waals surface area contributed by atoms with E-state index < -0.39 is 0 Å². The molecule has 2 heteroatoms. The normalized spacial score (nSPS) is 11.1. The van der Waals surface area contributed by atoms with Crippen LogP contribution in [0.5, 0.6) is 0 Å². The fraction of sp³-hybridized carbons (Fsp3) is 0.143. The van der Waals surface area contributed by atoms with Gasteiger partial charge in [0, 0.05) is 28.4 Å². The molecule has 0 radical (unpaired) electrons. The highest BCUT2D eigenvalue weighted by Gasteiger charge is 2.04. The van der Waals surface area contributed by atoms with Gasteiger partial charge in [-0.15, -0.1) is 0 Å². The van der Waals surface area contributed by atoms with Crippen molar-refractivity contribution in [2.75, 3.05) is 0 Å². The third-order valence-electron chi connectivity index (χ3n) is 2.92. The van der Waals surface area contributed by atoms with E-state index in [9.17, 15) is 0 Å². The smallest absolute Gasteiger partial charge is 0.0801 e. The minimum Gasteiger partial charge on any atom is -0.261 e. The van der Waals surface area contributed by atoms with Crippen molar-refractivity contribution in [1.82, 2.24) is 9.97 Å². The number of hydrogen-bond donors (Lipinski definition) is 0. The highest BCUT2D eigenvalue weighted by atomic mass is 14.7. The quantitative estimate of drug-likeness (QED) is 0.529. The topological polar surface area (TPSA) is 25.8 Å². The van der Waals surface area contributed by atoms with Gasteiger partial charge in [-0.2, -0.15) is 0 Å². The van der Waals surface area contributed by atoms with E-state index in [1.54, 1.807) is 0 Å². The predicted octanol–water partition coefficient (Wildman–Crippen LogP) is 3.40. The van der Waals surface area contributed by atoms with Crippen LogP contribution in [0.4, 0.5) is 0 Å². The van der Waals surface area contributed by atoms with Crippen molar-refractivity contribution < 1.29 is 0 Å². The van der Waals surface area contributed by atoms with Gasteiger partial charge in [0.2, 0.25) is 0 Å². The number of fused-ring (bicyclic) bond motifs is 3. The van der Waals surface area contributed by atoms with Crippen LogP contribution in [0.2, 0.25) is 0 Å². The molecule has 78 valence electrons. The Hall–Kier alpha value is -1.96. The molecule has 0 aliphatic rings. The number of nitrogens with zero attached hydrogens (tertiary/aromatic N) is 2. The maximum atomic E-state index is 4.62. The molecule has 0 amide bonds. The van der Waals surface area contributed by atoms with Crippen LogP contribution in [0.1, 0.15) is 11.4 Å². The maximum absolute atomic E-state index is 4.62. The standard InChI is InChI=1S/C14H12N2/c1-9-3-4-12-6-5-11-7-8-15-10(2)13(11)14(12)16-9/h3-8H,1-2H3. The fourth-order valence-corrected chi connectivity index (χ4v) is 2.11. The highest BCUT2D eigenvalue weighted by Crippen LogP contribution is 2.25. The molecule has 0 spiro atoms. The second-order valence-corrected chi connectivity index (χ2v) is 4.08. The molecule has 0 aliphatic heterocycles. The second-order valence-electron chi connectivity index (χ2n) is 4.08. The molecule has 2 nitrogen and oxygen atoms in total. The molecule has 0 atom stereocenters. The van der Waals surface area contributed by atoms with Crippen molar-refractivity contribution in [1.29, 1.82) is 0 Å². The van der Waals surface area contributed by atoms with E-state index in [4.69, 9.17) is 0 Å². The molecule has 0 fully saturated rings. The summed E-state index contributed by atoms with van der Waals surface area (Å²) in [4.78, 5) is 8.97. The van der Waals surface area contributed by atoms with Crippen LogP contribution in [0.25, 0.3) is 21.7 Å². The largest absolute Gasteiger partial charge is 0.261 e. The summed E-state index contributed by atoms with van der Waals surface area (Å²) in [6.07, 6.45) is 1.85. The van der Waals surface area contributed by atoms with Crippen molar-refractivity contribution in [2.45, 2.75) is 13.8 Å². The lowest BCUT2D eigenvalue weighted by Crippen LogP contribution is -1.89. The van der Waals surface area contributed by atoms with Crippen LogP contribution >= 0.6 is 0 Å². The Bertz CT molecular complexity index is 687. The Labute approximate surface area is 94.0 Å². The fourth-order valence-electron chi connectivity index (χ4n) is 2.11. The Morgan fingerprint density at radius 1 is 0.875 bits per heavy atom. The third kappa shape index (κ3) is 1.27. The molecule has 2 aromatic heterocycles. The summed E-state index contributed by atoms with van der Waals surface area (Å²) < 4.78 is 0. The van der Waals surface area contributed by atoms with Gasteiger partial charge in [-0.3, -0.25) is 9.97 Å². The van der Waals surface area contributed by atoms with E-state index in [0.717, 1.165) is 16.9 Å². The first-order valence-corrected chi connectivity index (χ1v) is 5.37. The summed E-state index contributed by atoms with van der Waals surface area (Å²) in [5, 5.41) is 3.55. The van der Waals surface area contributed by atoms with Gasteiger partial charge in [0.15, 0.2) is 0 Å². The minimum absolute atomic E-state index is 1.04. The lowest BCUT2D eigenvalue weighted by molar-refractivity contribution is 1.22. The van der Waals surface area contributed by atoms with Crippen molar-refractivity contribution >= 4 is 21.7 Å².